The van der Waals surface area contributed by atoms with E-state index in [9.17, 15) is 0 Å². The largest absolute Gasteiger partial charge is 0.256 e. The molecule has 0 saturated heterocycles. The monoisotopic (exact) mass is 455 g/mol. The molecule has 6 aromatic rings. The molecular formula is C35H21N. The molecular weight excluding hydrogens is 434 g/mol. The molecule has 0 unspecified atom stereocenters. The van der Waals surface area contributed by atoms with Gasteiger partial charge in [0.05, 0.1) is 10.9 Å². The number of nitrogens with zero attached hydrogens (tertiary/aromatic N) is 1. The van der Waals surface area contributed by atoms with Gasteiger partial charge in [0, 0.05) is 17.1 Å². The highest BCUT2D eigenvalue weighted by Crippen LogP contribution is 2.63. The van der Waals surface area contributed by atoms with Crippen LogP contribution in [0.2, 0.25) is 0 Å². The molecule has 9 rings (SSSR count). The fourth-order valence-corrected chi connectivity index (χ4v) is 7.40. The second-order valence-electron chi connectivity index (χ2n) is 10.3. The maximum absolute atomic E-state index is 4.85. The van der Waals surface area contributed by atoms with Crippen LogP contribution in [0.4, 0.5) is 0 Å². The molecule has 1 nitrogen and oxygen atoms in total. The lowest BCUT2D eigenvalue weighted by Gasteiger charge is -2.30. The number of rotatable bonds is 0. The molecule has 0 bridgehead atoms. The van der Waals surface area contributed by atoms with E-state index < -0.39 is 0 Å². The topological polar surface area (TPSA) is 12.9 Å². The first-order valence-corrected chi connectivity index (χ1v) is 12.7. The molecule has 0 aliphatic heterocycles. The standard InChI is InChI=1S/C35H21N/c1-4-12-29-24(9-1)25-10-2-5-13-30(25)35(29)31-14-6-3-11-26(31)28-19-23-18-22-16-15-21-8-7-17-36-34(21)33(22)27(23)20-32(28)35/h1-17,19-20H,18H2. The van der Waals surface area contributed by atoms with Gasteiger partial charge in [-0.05, 0) is 85.8 Å². The minimum absolute atomic E-state index is 0.297. The molecule has 3 aliphatic carbocycles. The van der Waals surface area contributed by atoms with Crippen molar-refractivity contribution in [3.05, 3.63) is 149 Å². The van der Waals surface area contributed by atoms with Crippen molar-refractivity contribution in [3.63, 3.8) is 0 Å². The molecule has 0 amide bonds. The first kappa shape index (κ1) is 18.8. The molecule has 0 fully saturated rings. The Labute approximate surface area is 209 Å². The van der Waals surface area contributed by atoms with Crippen LogP contribution in [0.25, 0.3) is 44.3 Å². The zero-order chi connectivity index (χ0) is 23.4. The van der Waals surface area contributed by atoms with Crippen molar-refractivity contribution in [3.8, 4) is 33.4 Å². The molecule has 3 aliphatic rings. The fourth-order valence-electron chi connectivity index (χ4n) is 7.40. The van der Waals surface area contributed by atoms with Crippen LogP contribution in [-0.4, -0.2) is 4.98 Å². The minimum Gasteiger partial charge on any atom is -0.256 e. The maximum Gasteiger partial charge on any atom is 0.0783 e. The van der Waals surface area contributed by atoms with E-state index in [0.29, 0.717) is 0 Å². The van der Waals surface area contributed by atoms with Gasteiger partial charge >= 0.3 is 0 Å². The van der Waals surface area contributed by atoms with Crippen molar-refractivity contribution in [2.45, 2.75) is 11.8 Å². The summed E-state index contributed by atoms with van der Waals surface area (Å²) in [4.78, 5) is 4.85. The SMILES string of the molecule is c1ccc2c(c1)-c1ccccc1C21c2ccccc2-c2cc3c(cc21)-c1c(ccc2cccnc12)C3. The van der Waals surface area contributed by atoms with Crippen LogP contribution in [0.5, 0.6) is 0 Å². The Morgan fingerprint density at radius 2 is 1.14 bits per heavy atom. The van der Waals surface area contributed by atoms with E-state index in [4.69, 9.17) is 4.98 Å². The summed E-state index contributed by atoms with van der Waals surface area (Å²) in [6.07, 6.45) is 2.89. The first-order valence-electron chi connectivity index (χ1n) is 12.7. The highest BCUT2D eigenvalue weighted by molar-refractivity contribution is 6.02. The Hall–Kier alpha value is -4.49. The zero-order valence-electron chi connectivity index (χ0n) is 19.6. The van der Waals surface area contributed by atoms with Gasteiger partial charge in [-0.1, -0.05) is 91.0 Å². The number of aromatic nitrogens is 1. The second-order valence-corrected chi connectivity index (χ2v) is 10.3. The second kappa shape index (κ2) is 6.38. The van der Waals surface area contributed by atoms with E-state index in [1.54, 1.807) is 0 Å². The van der Waals surface area contributed by atoms with Gasteiger partial charge in [-0.15, -0.1) is 0 Å². The summed E-state index contributed by atoms with van der Waals surface area (Å²) in [6.45, 7) is 0. The number of hydrogen-bond acceptors (Lipinski definition) is 1. The lowest BCUT2D eigenvalue weighted by molar-refractivity contribution is 0.794. The quantitative estimate of drug-likeness (QED) is 0.225. The molecule has 166 valence electrons. The molecule has 0 N–H and O–H groups in total. The van der Waals surface area contributed by atoms with Crippen LogP contribution in [0.15, 0.2) is 115 Å². The van der Waals surface area contributed by atoms with Gasteiger partial charge in [-0.2, -0.15) is 0 Å². The fraction of sp³-hybridized carbons (Fsp3) is 0.0571. The number of pyridine rings is 1. The van der Waals surface area contributed by atoms with Crippen LogP contribution in [0, 0.1) is 0 Å². The van der Waals surface area contributed by atoms with Crippen molar-refractivity contribution in [2.24, 2.45) is 0 Å². The highest BCUT2D eigenvalue weighted by atomic mass is 14.7. The summed E-state index contributed by atoms with van der Waals surface area (Å²) >= 11 is 0. The summed E-state index contributed by atoms with van der Waals surface area (Å²) < 4.78 is 0. The van der Waals surface area contributed by atoms with Gasteiger partial charge in [-0.3, -0.25) is 4.98 Å². The van der Waals surface area contributed by atoms with Crippen LogP contribution < -0.4 is 0 Å². The Morgan fingerprint density at radius 3 is 1.83 bits per heavy atom. The molecule has 36 heavy (non-hydrogen) atoms. The van der Waals surface area contributed by atoms with E-state index in [1.807, 2.05) is 12.3 Å². The van der Waals surface area contributed by atoms with Crippen molar-refractivity contribution >= 4 is 10.9 Å². The van der Waals surface area contributed by atoms with Crippen LogP contribution >= 0.6 is 0 Å². The van der Waals surface area contributed by atoms with Gasteiger partial charge in [0.2, 0.25) is 0 Å². The summed E-state index contributed by atoms with van der Waals surface area (Å²) in [5.41, 5.74) is 17.3. The lowest BCUT2D eigenvalue weighted by Crippen LogP contribution is -2.25. The van der Waals surface area contributed by atoms with Crippen LogP contribution in [0.1, 0.15) is 33.4 Å². The average Bonchev–Trinajstić information content (AvgIpc) is 3.55. The van der Waals surface area contributed by atoms with E-state index in [2.05, 4.69) is 103 Å². The summed E-state index contributed by atoms with van der Waals surface area (Å²) in [7, 11) is 0. The Bertz CT molecular complexity index is 1880. The average molecular weight is 456 g/mol. The van der Waals surface area contributed by atoms with Crippen LogP contribution in [0.3, 0.4) is 0 Å². The van der Waals surface area contributed by atoms with Crippen LogP contribution in [-0.2, 0) is 11.8 Å². The van der Waals surface area contributed by atoms with Gasteiger partial charge in [0.25, 0.3) is 0 Å². The molecule has 5 aromatic carbocycles. The van der Waals surface area contributed by atoms with Gasteiger partial charge in [0.15, 0.2) is 0 Å². The molecule has 0 saturated carbocycles. The minimum atomic E-state index is -0.297. The van der Waals surface area contributed by atoms with E-state index in [0.717, 1.165) is 11.9 Å². The van der Waals surface area contributed by atoms with E-state index in [-0.39, 0.29) is 5.41 Å². The molecule has 1 heterocycles. The smallest absolute Gasteiger partial charge is 0.0783 e. The molecule has 0 atom stereocenters. The van der Waals surface area contributed by atoms with E-state index >= 15 is 0 Å². The number of hydrogen-bond donors (Lipinski definition) is 0. The molecule has 0 radical (unpaired) electrons. The Kier molecular flexibility index (Phi) is 3.33. The molecule has 1 spiro atoms. The van der Waals surface area contributed by atoms with Gasteiger partial charge in [0.1, 0.15) is 0 Å². The number of benzene rings is 5. The zero-order valence-corrected chi connectivity index (χ0v) is 19.6. The summed E-state index contributed by atoms with van der Waals surface area (Å²) in [5.74, 6) is 0. The summed E-state index contributed by atoms with van der Waals surface area (Å²) in [6, 6.07) is 40.8. The van der Waals surface area contributed by atoms with Gasteiger partial charge < -0.3 is 0 Å². The molecule has 1 heteroatoms. The third-order valence-electron chi connectivity index (χ3n) is 8.73. The van der Waals surface area contributed by atoms with Crippen molar-refractivity contribution in [1.82, 2.24) is 4.98 Å². The predicted molar refractivity (Wildman–Crippen MR) is 146 cm³/mol. The van der Waals surface area contributed by atoms with Crippen molar-refractivity contribution in [1.29, 1.82) is 0 Å². The maximum atomic E-state index is 4.85. The summed E-state index contributed by atoms with van der Waals surface area (Å²) in [5, 5.41) is 1.21. The third kappa shape index (κ3) is 2.04. The Morgan fingerprint density at radius 1 is 0.500 bits per heavy atom. The van der Waals surface area contributed by atoms with E-state index in [1.165, 1.54) is 72.1 Å². The third-order valence-corrected chi connectivity index (χ3v) is 8.73. The number of fused-ring (bicyclic) bond motifs is 15. The first-order chi connectivity index (χ1) is 17.9. The lowest BCUT2D eigenvalue weighted by atomic mass is 9.70. The Balaban J connectivity index is 1.45. The van der Waals surface area contributed by atoms with Crippen molar-refractivity contribution in [2.75, 3.05) is 0 Å². The van der Waals surface area contributed by atoms with Gasteiger partial charge in [-0.25, -0.2) is 0 Å². The predicted octanol–water partition coefficient (Wildman–Crippen LogP) is 8.15. The van der Waals surface area contributed by atoms with Crippen molar-refractivity contribution < 1.29 is 0 Å². The molecule has 1 aromatic heterocycles. The normalized spacial score (nSPS) is 14.8. The highest BCUT2D eigenvalue weighted by Gasteiger charge is 2.51.